The number of fused-ring (bicyclic) bond motifs is 2. The molecule has 0 spiro atoms. The van der Waals surface area contributed by atoms with Crippen molar-refractivity contribution in [3.63, 3.8) is 0 Å². The molecule has 6 heteroatoms. The lowest BCUT2D eigenvalue weighted by molar-refractivity contribution is 0.153. The smallest absolute Gasteiger partial charge is 0.320 e. The fourth-order valence-electron chi connectivity index (χ4n) is 5.21. The van der Waals surface area contributed by atoms with Crippen LogP contribution in [0.5, 0.6) is 11.9 Å². The van der Waals surface area contributed by atoms with Gasteiger partial charge in [-0.1, -0.05) is 24.3 Å². The predicted molar refractivity (Wildman–Crippen MR) is 111 cm³/mol. The largest absolute Gasteiger partial charge is 0.493 e. The van der Waals surface area contributed by atoms with E-state index in [9.17, 15) is 5.11 Å². The monoisotopic (exact) mass is 394 g/mol. The van der Waals surface area contributed by atoms with Crippen LogP contribution in [0.15, 0.2) is 24.3 Å². The maximum Gasteiger partial charge on any atom is 0.320 e. The Balaban J connectivity index is 1.34. The van der Waals surface area contributed by atoms with Gasteiger partial charge in [0.25, 0.3) is 0 Å². The van der Waals surface area contributed by atoms with E-state index in [1.807, 2.05) is 0 Å². The van der Waals surface area contributed by atoms with Crippen LogP contribution in [-0.4, -0.2) is 57.7 Å². The summed E-state index contributed by atoms with van der Waals surface area (Å²) in [4.78, 5) is 13.8. The SMILES string of the molecule is CN1CCCC1COc1nc(O)c2c(n1)CN(C1CCCc3ccccc31)CC2. The van der Waals surface area contributed by atoms with Gasteiger partial charge in [0, 0.05) is 30.7 Å². The molecule has 2 aromatic rings. The van der Waals surface area contributed by atoms with Crippen LogP contribution in [0.2, 0.25) is 0 Å². The lowest BCUT2D eigenvalue weighted by atomic mass is 9.86. The Labute approximate surface area is 172 Å². The number of ether oxygens (including phenoxy) is 1. The van der Waals surface area contributed by atoms with E-state index in [4.69, 9.17) is 9.72 Å². The molecule has 1 aromatic carbocycles. The van der Waals surface area contributed by atoms with Gasteiger partial charge in [-0.3, -0.25) is 4.90 Å². The zero-order chi connectivity index (χ0) is 19.8. The first-order valence-corrected chi connectivity index (χ1v) is 10.9. The number of nitrogens with zero attached hydrogens (tertiary/aromatic N) is 4. The number of likely N-dealkylation sites (N-methyl/N-ethyl adjacent to an activating group) is 1. The molecule has 1 N–H and O–H groups in total. The quantitative estimate of drug-likeness (QED) is 0.860. The molecule has 1 aromatic heterocycles. The van der Waals surface area contributed by atoms with E-state index in [0.717, 1.165) is 43.7 Å². The lowest BCUT2D eigenvalue weighted by Gasteiger charge is -2.38. The summed E-state index contributed by atoms with van der Waals surface area (Å²) in [7, 11) is 2.13. The van der Waals surface area contributed by atoms with Crippen molar-refractivity contribution in [3.8, 4) is 11.9 Å². The van der Waals surface area contributed by atoms with Gasteiger partial charge in [-0.25, -0.2) is 0 Å². The Bertz CT molecular complexity index is 887. The molecule has 1 saturated heterocycles. The van der Waals surface area contributed by atoms with Gasteiger partial charge in [0.15, 0.2) is 0 Å². The van der Waals surface area contributed by atoms with Gasteiger partial charge in [0.05, 0.1) is 5.69 Å². The van der Waals surface area contributed by atoms with Crippen LogP contribution in [0.1, 0.15) is 54.1 Å². The van der Waals surface area contributed by atoms with Crippen LogP contribution in [0, 0.1) is 0 Å². The molecule has 5 rings (SSSR count). The molecular weight excluding hydrogens is 364 g/mol. The maximum atomic E-state index is 10.5. The molecule has 154 valence electrons. The fourth-order valence-corrected chi connectivity index (χ4v) is 5.21. The van der Waals surface area contributed by atoms with Crippen LogP contribution in [-0.2, 0) is 19.4 Å². The first kappa shape index (κ1) is 18.8. The number of aromatic nitrogens is 2. The third kappa shape index (κ3) is 3.71. The number of aryl methyl sites for hydroxylation is 1. The minimum atomic E-state index is 0.0912. The molecule has 2 unspecified atom stereocenters. The highest BCUT2D eigenvalue weighted by Gasteiger charge is 2.31. The van der Waals surface area contributed by atoms with E-state index in [-0.39, 0.29) is 5.88 Å². The van der Waals surface area contributed by atoms with Crippen molar-refractivity contribution in [3.05, 3.63) is 46.6 Å². The van der Waals surface area contributed by atoms with Crippen LogP contribution in [0.4, 0.5) is 0 Å². The molecule has 29 heavy (non-hydrogen) atoms. The highest BCUT2D eigenvalue weighted by Crippen LogP contribution is 2.37. The minimum absolute atomic E-state index is 0.0912. The topological polar surface area (TPSA) is 61.7 Å². The van der Waals surface area contributed by atoms with Crippen LogP contribution in [0.25, 0.3) is 0 Å². The lowest BCUT2D eigenvalue weighted by Crippen LogP contribution is -2.36. The van der Waals surface area contributed by atoms with Crippen LogP contribution < -0.4 is 4.74 Å². The molecule has 1 fully saturated rings. The van der Waals surface area contributed by atoms with E-state index >= 15 is 0 Å². The summed E-state index contributed by atoms with van der Waals surface area (Å²) in [5.74, 6) is 0.0912. The predicted octanol–water partition coefficient (Wildman–Crippen LogP) is 3.09. The number of hydrogen-bond acceptors (Lipinski definition) is 6. The van der Waals surface area contributed by atoms with Gasteiger partial charge in [-0.15, -0.1) is 0 Å². The first-order chi connectivity index (χ1) is 14.2. The molecule has 6 nitrogen and oxygen atoms in total. The fraction of sp³-hybridized carbons (Fsp3) is 0.565. The van der Waals surface area contributed by atoms with Gasteiger partial charge < -0.3 is 14.7 Å². The second kappa shape index (κ2) is 7.92. The Kier molecular flexibility index (Phi) is 5.14. The molecular formula is C23H30N4O2. The van der Waals surface area contributed by atoms with Crippen LogP contribution >= 0.6 is 0 Å². The molecule has 2 aliphatic heterocycles. The van der Waals surface area contributed by atoms with E-state index in [1.165, 1.54) is 36.8 Å². The summed E-state index contributed by atoms with van der Waals surface area (Å²) in [5, 5.41) is 10.5. The molecule has 0 amide bonds. The van der Waals surface area contributed by atoms with Crippen molar-refractivity contribution < 1.29 is 9.84 Å². The second-order valence-corrected chi connectivity index (χ2v) is 8.67. The Morgan fingerprint density at radius 2 is 2.00 bits per heavy atom. The third-order valence-electron chi connectivity index (χ3n) is 6.91. The highest BCUT2D eigenvalue weighted by atomic mass is 16.5. The number of rotatable bonds is 4. The average molecular weight is 395 g/mol. The van der Waals surface area contributed by atoms with Gasteiger partial charge in [0.2, 0.25) is 5.88 Å². The summed E-state index contributed by atoms with van der Waals surface area (Å²) in [6.45, 7) is 3.36. The number of aromatic hydroxyl groups is 1. The van der Waals surface area contributed by atoms with E-state index in [0.29, 0.717) is 24.7 Å². The zero-order valence-electron chi connectivity index (χ0n) is 17.2. The van der Waals surface area contributed by atoms with Crippen LogP contribution in [0.3, 0.4) is 0 Å². The Morgan fingerprint density at radius 1 is 1.10 bits per heavy atom. The average Bonchev–Trinajstić information content (AvgIpc) is 3.16. The molecule has 1 aliphatic carbocycles. The normalized spacial score (nSPS) is 24.9. The van der Waals surface area contributed by atoms with Gasteiger partial charge in [-0.2, -0.15) is 9.97 Å². The molecule has 3 heterocycles. The van der Waals surface area contributed by atoms with Gasteiger partial charge >= 0.3 is 6.01 Å². The third-order valence-corrected chi connectivity index (χ3v) is 6.91. The number of benzene rings is 1. The Morgan fingerprint density at radius 3 is 2.86 bits per heavy atom. The van der Waals surface area contributed by atoms with E-state index in [1.54, 1.807) is 0 Å². The number of hydrogen-bond donors (Lipinski definition) is 1. The summed E-state index contributed by atoms with van der Waals surface area (Å²) in [5.41, 5.74) is 4.74. The van der Waals surface area contributed by atoms with Gasteiger partial charge in [0.1, 0.15) is 6.61 Å². The summed E-state index contributed by atoms with van der Waals surface area (Å²) < 4.78 is 5.90. The summed E-state index contributed by atoms with van der Waals surface area (Å²) in [6.07, 6.45) is 6.71. The zero-order valence-corrected chi connectivity index (χ0v) is 17.2. The van der Waals surface area contributed by atoms with Crippen molar-refractivity contribution in [2.45, 2.75) is 57.2 Å². The Hall–Kier alpha value is -2.18. The van der Waals surface area contributed by atoms with Crippen molar-refractivity contribution in [1.29, 1.82) is 0 Å². The number of likely N-dealkylation sites (tertiary alicyclic amines) is 1. The van der Waals surface area contributed by atoms with Crippen molar-refractivity contribution >= 4 is 0 Å². The van der Waals surface area contributed by atoms with E-state index < -0.39 is 0 Å². The van der Waals surface area contributed by atoms with E-state index in [2.05, 4.69) is 46.1 Å². The van der Waals surface area contributed by atoms with Crippen molar-refractivity contribution in [1.82, 2.24) is 19.8 Å². The molecule has 0 radical (unpaired) electrons. The molecule has 3 aliphatic rings. The molecule has 2 atom stereocenters. The summed E-state index contributed by atoms with van der Waals surface area (Å²) >= 11 is 0. The first-order valence-electron chi connectivity index (χ1n) is 10.9. The standard InChI is InChI=1S/C23H30N4O2/c1-26-12-5-8-17(26)15-29-23-24-20-14-27(13-11-19(20)22(28)25-23)21-10-4-7-16-6-2-3-9-18(16)21/h2-3,6,9,17,21H,4-5,7-8,10-15H2,1H3,(H,24,25,28). The maximum absolute atomic E-state index is 10.5. The minimum Gasteiger partial charge on any atom is -0.493 e. The highest BCUT2D eigenvalue weighted by molar-refractivity contribution is 5.36. The molecule has 0 bridgehead atoms. The van der Waals surface area contributed by atoms with Crippen molar-refractivity contribution in [2.75, 3.05) is 26.7 Å². The van der Waals surface area contributed by atoms with Gasteiger partial charge in [-0.05, 0) is 63.2 Å². The summed E-state index contributed by atoms with van der Waals surface area (Å²) in [6, 6.07) is 9.98. The molecule has 0 saturated carbocycles. The van der Waals surface area contributed by atoms with Crippen molar-refractivity contribution in [2.24, 2.45) is 0 Å². The second-order valence-electron chi connectivity index (χ2n) is 8.67.